The highest BCUT2D eigenvalue weighted by Crippen LogP contribution is 2.48. The van der Waals surface area contributed by atoms with Gasteiger partial charge in [-0.05, 0) is 42.2 Å². The standard InChI is InChI=1S/C20H20BrClN2O2/c21-14-3-1-2-13(10-14)17-11-18(17)20(25)26-16-6-8-24(9-7-16)19-5-4-15(22)12-23-19/h1-5,10,12,16-18H,6-9,11H2. The molecule has 136 valence electrons. The maximum absolute atomic E-state index is 12.5. The zero-order valence-electron chi connectivity index (χ0n) is 14.3. The Morgan fingerprint density at radius 3 is 2.73 bits per heavy atom. The van der Waals surface area contributed by atoms with E-state index in [2.05, 4.69) is 37.9 Å². The second kappa shape index (κ2) is 7.57. The number of nitrogens with zero attached hydrogens (tertiary/aromatic N) is 2. The van der Waals surface area contributed by atoms with E-state index in [0.29, 0.717) is 10.9 Å². The van der Waals surface area contributed by atoms with E-state index in [4.69, 9.17) is 16.3 Å². The van der Waals surface area contributed by atoms with Gasteiger partial charge in [-0.1, -0.05) is 39.7 Å². The van der Waals surface area contributed by atoms with E-state index in [9.17, 15) is 4.79 Å². The summed E-state index contributed by atoms with van der Waals surface area (Å²) in [6, 6.07) is 12.0. The first-order valence-electron chi connectivity index (χ1n) is 8.92. The Kier molecular flexibility index (Phi) is 5.18. The third kappa shape index (κ3) is 4.04. The van der Waals surface area contributed by atoms with E-state index < -0.39 is 0 Å². The summed E-state index contributed by atoms with van der Waals surface area (Å²) in [6.07, 6.45) is 4.24. The fourth-order valence-corrected chi connectivity index (χ4v) is 4.10. The number of benzene rings is 1. The number of pyridine rings is 1. The van der Waals surface area contributed by atoms with Gasteiger partial charge in [0.1, 0.15) is 11.9 Å². The summed E-state index contributed by atoms with van der Waals surface area (Å²) in [6.45, 7) is 1.68. The van der Waals surface area contributed by atoms with Gasteiger partial charge in [0.15, 0.2) is 0 Å². The summed E-state index contributed by atoms with van der Waals surface area (Å²) < 4.78 is 6.83. The maximum Gasteiger partial charge on any atom is 0.309 e. The van der Waals surface area contributed by atoms with Crippen molar-refractivity contribution in [2.75, 3.05) is 18.0 Å². The van der Waals surface area contributed by atoms with Crippen LogP contribution in [0.3, 0.4) is 0 Å². The van der Waals surface area contributed by atoms with E-state index >= 15 is 0 Å². The van der Waals surface area contributed by atoms with E-state index in [1.54, 1.807) is 6.20 Å². The molecule has 1 saturated carbocycles. The summed E-state index contributed by atoms with van der Waals surface area (Å²) in [4.78, 5) is 19.0. The van der Waals surface area contributed by atoms with Gasteiger partial charge in [-0.3, -0.25) is 4.79 Å². The van der Waals surface area contributed by atoms with Gasteiger partial charge in [0.25, 0.3) is 0 Å². The molecule has 0 radical (unpaired) electrons. The average molecular weight is 436 g/mol. The SMILES string of the molecule is O=C(OC1CCN(c2ccc(Cl)cn2)CC1)C1CC1c1cccc(Br)c1. The normalized spacial score (nSPS) is 22.9. The minimum Gasteiger partial charge on any atom is -0.462 e. The molecule has 2 aromatic rings. The van der Waals surface area contributed by atoms with Crippen LogP contribution in [0.4, 0.5) is 5.82 Å². The van der Waals surface area contributed by atoms with E-state index in [-0.39, 0.29) is 18.0 Å². The summed E-state index contributed by atoms with van der Waals surface area (Å²) >= 11 is 9.38. The number of ether oxygens (including phenoxy) is 1. The average Bonchev–Trinajstić information content (AvgIpc) is 3.44. The summed E-state index contributed by atoms with van der Waals surface area (Å²) in [5.41, 5.74) is 1.21. The van der Waals surface area contributed by atoms with E-state index in [0.717, 1.165) is 42.6 Å². The smallest absolute Gasteiger partial charge is 0.309 e. The number of carbonyl (C=O) groups is 1. The number of rotatable bonds is 4. The molecular weight excluding hydrogens is 416 g/mol. The second-order valence-electron chi connectivity index (χ2n) is 6.96. The van der Waals surface area contributed by atoms with Crippen molar-refractivity contribution >= 4 is 39.3 Å². The predicted octanol–water partition coefficient (Wildman–Crippen LogP) is 4.81. The number of hydrogen-bond acceptors (Lipinski definition) is 4. The lowest BCUT2D eigenvalue weighted by atomic mass is 10.1. The molecule has 4 nitrogen and oxygen atoms in total. The molecule has 6 heteroatoms. The molecule has 4 rings (SSSR count). The maximum atomic E-state index is 12.5. The van der Waals surface area contributed by atoms with Crippen LogP contribution < -0.4 is 4.90 Å². The lowest BCUT2D eigenvalue weighted by molar-refractivity contribution is -0.151. The first kappa shape index (κ1) is 17.8. The number of anilines is 1. The number of esters is 1. The molecule has 1 aliphatic heterocycles. The van der Waals surface area contributed by atoms with Crippen LogP contribution in [0.1, 0.15) is 30.7 Å². The van der Waals surface area contributed by atoms with Crippen LogP contribution >= 0.6 is 27.5 Å². The van der Waals surface area contributed by atoms with Crippen LogP contribution in [0.15, 0.2) is 47.1 Å². The molecule has 1 aromatic heterocycles. The van der Waals surface area contributed by atoms with E-state index in [1.807, 2.05) is 24.3 Å². The third-order valence-corrected chi connectivity index (χ3v) is 5.85. The van der Waals surface area contributed by atoms with Gasteiger partial charge in [-0.15, -0.1) is 0 Å². The van der Waals surface area contributed by atoms with Gasteiger partial charge >= 0.3 is 5.97 Å². The fraction of sp³-hybridized carbons (Fsp3) is 0.400. The monoisotopic (exact) mass is 434 g/mol. The Labute approximate surface area is 166 Å². The Bertz CT molecular complexity index is 791. The summed E-state index contributed by atoms with van der Waals surface area (Å²) in [5.74, 6) is 1.20. The van der Waals surface area contributed by atoms with Gasteiger partial charge in [0.05, 0.1) is 10.9 Å². The Hall–Kier alpha value is -1.59. The van der Waals surface area contributed by atoms with Crippen LogP contribution in [-0.4, -0.2) is 30.1 Å². The predicted molar refractivity (Wildman–Crippen MR) is 106 cm³/mol. The lowest BCUT2D eigenvalue weighted by Crippen LogP contribution is -2.38. The zero-order valence-corrected chi connectivity index (χ0v) is 16.6. The van der Waals surface area contributed by atoms with Crippen LogP contribution in [0, 0.1) is 5.92 Å². The highest BCUT2D eigenvalue weighted by molar-refractivity contribution is 9.10. The zero-order chi connectivity index (χ0) is 18.1. The van der Waals surface area contributed by atoms with Gasteiger partial charge in [-0.25, -0.2) is 4.98 Å². The highest BCUT2D eigenvalue weighted by Gasteiger charge is 2.46. The molecule has 0 N–H and O–H groups in total. The van der Waals surface area contributed by atoms with Gasteiger partial charge in [0.2, 0.25) is 0 Å². The van der Waals surface area contributed by atoms with Crippen molar-refractivity contribution in [3.05, 3.63) is 57.7 Å². The number of carbonyl (C=O) groups excluding carboxylic acids is 1. The van der Waals surface area contributed by atoms with Crippen molar-refractivity contribution in [3.63, 3.8) is 0 Å². The molecule has 2 atom stereocenters. The first-order chi connectivity index (χ1) is 12.6. The van der Waals surface area contributed by atoms with Crippen LogP contribution in [-0.2, 0) is 9.53 Å². The van der Waals surface area contributed by atoms with Crippen LogP contribution in [0.25, 0.3) is 0 Å². The molecule has 2 fully saturated rings. The third-order valence-electron chi connectivity index (χ3n) is 5.13. The number of hydrogen-bond donors (Lipinski definition) is 0. The molecule has 0 amide bonds. The molecule has 1 aromatic carbocycles. The molecule has 1 saturated heterocycles. The van der Waals surface area contributed by atoms with Crippen molar-refractivity contribution in [1.82, 2.24) is 4.98 Å². The van der Waals surface area contributed by atoms with Crippen molar-refractivity contribution < 1.29 is 9.53 Å². The van der Waals surface area contributed by atoms with Crippen molar-refractivity contribution in [2.24, 2.45) is 5.92 Å². The Balaban J connectivity index is 1.27. The van der Waals surface area contributed by atoms with Crippen molar-refractivity contribution in [3.8, 4) is 0 Å². The van der Waals surface area contributed by atoms with Crippen molar-refractivity contribution in [2.45, 2.75) is 31.3 Å². The first-order valence-corrected chi connectivity index (χ1v) is 10.1. The van der Waals surface area contributed by atoms with Crippen molar-refractivity contribution in [1.29, 1.82) is 0 Å². The Morgan fingerprint density at radius 1 is 1.23 bits per heavy atom. The fourth-order valence-electron chi connectivity index (χ4n) is 3.57. The Morgan fingerprint density at radius 2 is 2.04 bits per heavy atom. The quantitative estimate of drug-likeness (QED) is 0.646. The molecule has 2 unspecified atom stereocenters. The topological polar surface area (TPSA) is 42.4 Å². The lowest BCUT2D eigenvalue weighted by Gasteiger charge is -2.32. The highest BCUT2D eigenvalue weighted by atomic mass is 79.9. The molecule has 0 spiro atoms. The van der Waals surface area contributed by atoms with Gasteiger partial charge in [0, 0.05) is 36.6 Å². The molecule has 1 aliphatic carbocycles. The van der Waals surface area contributed by atoms with Crippen LogP contribution in [0.5, 0.6) is 0 Å². The molecule has 26 heavy (non-hydrogen) atoms. The second-order valence-corrected chi connectivity index (χ2v) is 8.31. The molecular formula is C20H20BrClN2O2. The minimum absolute atomic E-state index is 0.00908. The molecule has 2 heterocycles. The van der Waals surface area contributed by atoms with E-state index in [1.165, 1.54) is 5.56 Å². The number of aromatic nitrogens is 1. The number of piperidine rings is 1. The van der Waals surface area contributed by atoms with Gasteiger partial charge < -0.3 is 9.64 Å². The summed E-state index contributed by atoms with van der Waals surface area (Å²) in [5, 5.41) is 0.641. The number of halogens is 2. The molecule has 0 bridgehead atoms. The van der Waals surface area contributed by atoms with Crippen LogP contribution in [0.2, 0.25) is 5.02 Å². The largest absolute Gasteiger partial charge is 0.462 e. The summed E-state index contributed by atoms with van der Waals surface area (Å²) in [7, 11) is 0. The molecule has 2 aliphatic rings. The van der Waals surface area contributed by atoms with Gasteiger partial charge in [-0.2, -0.15) is 0 Å². The minimum atomic E-state index is -0.0435.